The van der Waals surface area contributed by atoms with Gasteiger partial charge in [-0.2, -0.15) is 0 Å². The molecule has 2 heteroatoms. The minimum Gasteiger partial charge on any atom is -0.375 e. The van der Waals surface area contributed by atoms with Crippen molar-refractivity contribution in [3.63, 3.8) is 0 Å². The second-order valence-corrected chi connectivity index (χ2v) is 3.33. The van der Waals surface area contributed by atoms with E-state index >= 15 is 0 Å². The summed E-state index contributed by atoms with van der Waals surface area (Å²) in [5.41, 5.74) is -0.501. The van der Waals surface area contributed by atoms with Crippen molar-refractivity contribution in [2.75, 3.05) is 7.05 Å². The van der Waals surface area contributed by atoms with E-state index < -0.39 is 5.72 Å². The average molecular weight is 139 g/mol. The van der Waals surface area contributed by atoms with Gasteiger partial charge in [0.1, 0.15) is 5.72 Å². The van der Waals surface area contributed by atoms with Crippen LogP contribution in [0.1, 0.15) is 19.3 Å². The molecule has 2 bridgehead atoms. The Morgan fingerprint density at radius 2 is 2.50 bits per heavy atom. The van der Waals surface area contributed by atoms with Crippen LogP contribution in [0.25, 0.3) is 0 Å². The number of nitrogens with zero attached hydrogens (tertiary/aromatic N) is 1. The van der Waals surface area contributed by atoms with Crippen molar-refractivity contribution in [2.24, 2.45) is 0 Å². The summed E-state index contributed by atoms with van der Waals surface area (Å²) in [6.07, 6.45) is 7.14. The van der Waals surface area contributed by atoms with Crippen molar-refractivity contribution in [3.8, 4) is 0 Å². The van der Waals surface area contributed by atoms with Gasteiger partial charge in [0.25, 0.3) is 0 Å². The second kappa shape index (κ2) is 1.83. The SMILES string of the molecule is CN1[C@@H]2C=CC[C@@]1(O)CC2. The van der Waals surface area contributed by atoms with Gasteiger partial charge in [0.15, 0.2) is 0 Å². The van der Waals surface area contributed by atoms with Gasteiger partial charge in [0.05, 0.1) is 0 Å². The van der Waals surface area contributed by atoms with E-state index in [1.807, 2.05) is 7.05 Å². The van der Waals surface area contributed by atoms with Gasteiger partial charge in [-0.3, -0.25) is 4.90 Å². The summed E-state index contributed by atoms with van der Waals surface area (Å²) in [7, 11) is 2.00. The van der Waals surface area contributed by atoms with Gasteiger partial charge < -0.3 is 5.11 Å². The largest absolute Gasteiger partial charge is 0.375 e. The lowest BCUT2D eigenvalue weighted by Gasteiger charge is -2.34. The third-order valence-electron chi connectivity index (χ3n) is 2.80. The molecule has 0 radical (unpaired) electrons. The first-order chi connectivity index (χ1) is 4.72. The van der Waals surface area contributed by atoms with Crippen molar-refractivity contribution < 1.29 is 5.11 Å². The summed E-state index contributed by atoms with van der Waals surface area (Å²) in [6.45, 7) is 0. The third-order valence-corrected chi connectivity index (χ3v) is 2.80. The molecule has 10 heavy (non-hydrogen) atoms. The molecule has 2 atom stereocenters. The van der Waals surface area contributed by atoms with Gasteiger partial charge in [0, 0.05) is 12.5 Å². The van der Waals surface area contributed by atoms with Crippen LogP contribution in [0.5, 0.6) is 0 Å². The van der Waals surface area contributed by atoms with Crippen molar-refractivity contribution in [1.82, 2.24) is 4.90 Å². The third kappa shape index (κ3) is 0.662. The Morgan fingerprint density at radius 3 is 3.10 bits per heavy atom. The van der Waals surface area contributed by atoms with Crippen LogP contribution in [0.4, 0.5) is 0 Å². The molecule has 2 heterocycles. The Balaban J connectivity index is 2.31. The van der Waals surface area contributed by atoms with Crippen LogP contribution in [0.15, 0.2) is 12.2 Å². The second-order valence-electron chi connectivity index (χ2n) is 3.33. The zero-order chi connectivity index (χ0) is 7.19. The Kier molecular flexibility index (Phi) is 1.17. The van der Waals surface area contributed by atoms with E-state index in [1.165, 1.54) is 0 Å². The Labute approximate surface area is 61.1 Å². The molecule has 0 aromatic heterocycles. The van der Waals surface area contributed by atoms with Gasteiger partial charge in [-0.05, 0) is 19.9 Å². The Hall–Kier alpha value is -0.340. The van der Waals surface area contributed by atoms with Gasteiger partial charge in [0.2, 0.25) is 0 Å². The molecule has 0 aliphatic carbocycles. The normalized spacial score (nSPS) is 46.4. The first kappa shape index (κ1) is 6.38. The van der Waals surface area contributed by atoms with E-state index in [-0.39, 0.29) is 0 Å². The number of aliphatic hydroxyl groups is 1. The number of likely N-dealkylation sites (N-methyl/N-ethyl adjacent to an activating group) is 1. The van der Waals surface area contributed by atoms with E-state index in [4.69, 9.17) is 0 Å². The number of rotatable bonds is 0. The molecule has 2 nitrogen and oxygen atoms in total. The quantitative estimate of drug-likeness (QED) is 0.500. The van der Waals surface area contributed by atoms with Crippen LogP contribution in [0.2, 0.25) is 0 Å². The highest BCUT2D eigenvalue weighted by Gasteiger charge is 2.42. The molecule has 0 spiro atoms. The maximum atomic E-state index is 9.86. The lowest BCUT2D eigenvalue weighted by molar-refractivity contribution is -0.0764. The lowest BCUT2D eigenvalue weighted by Crippen LogP contribution is -2.45. The topological polar surface area (TPSA) is 23.5 Å². The van der Waals surface area contributed by atoms with Gasteiger partial charge in [-0.1, -0.05) is 12.2 Å². The van der Waals surface area contributed by atoms with Crippen molar-refractivity contribution in [2.45, 2.75) is 31.0 Å². The monoisotopic (exact) mass is 139 g/mol. The molecule has 0 saturated carbocycles. The molecular formula is C8H13NO. The average Bonchev–Trinajstić information content (AvgIpc) is 2.18. The Bertz CT molecular complexity index is 178. The molecule has 2 rings (SSSR count). The van der Waals surface area contributed by atoms with Crippen molar-refractivity contribution in [3.05, 3.63) is 12.2 Å². The Morgan fingerprint density at radius 1 is 1.70 bits per heavy atom. The highest BCUT2D eigenvalue weighted by atomic mass is 16.3. The van der Waals surface area contributed by atoms with Crippen molar-refractivity contribution in [1.29, 1.82) is 0 Å². The van der Waals surface area contributed by atoms with E-state index in [2.05, 4.69) is 17.1 Å². The predicted molar refractivity (Wildman–Crippen MR) is 39.5 cm³/mol. The summed E-state index contributed by atoms with van der Waals surface area (Å²) >= 11 is 0. The highest BCUT2D eigenvalue weighted by molar-refractivity contribution is 5.10. The van der Waals surface area contributed by atoms with Gasteiger partial charge >= 0.3 is 0 Å². The fourth-order valence-corrected chi connectivity index (χ4v) is 1.94. The zero-order valence-corrected chi connectivity index (χ0v) is 6.25. The molecule has 56 valence electrons. The minimum atomic E-state index is -0.501. The molecule has 0 unspecified atom stereocenters. The molecule has 0 aromatic rings. The molecule has 2 aliphatic rings. The summed E-state index contributed by atoms with van der Waals surface area (Å²) in [4.78, 5) is 2.08. The number of fused-ring (bicyclic) bond motifs is 2. The summed E-state index contributed by atoms with van der Waals surface area (Å²) in [5, 5.41) is 9.86. The summed E-state index contributed by atoms with van der Waals surface area (Å²) < 4.78 is 0. The fourth-order valence-electron chi connectivity index (χ4n) is 1.94. The smallest absolute Gasteiger partial charge is 0.122 e. The van der Waals surface area contributed by atoms with Crippen LogP contribution in [0, 0.1) is 0 Å². The van der Waals surface area contributed by atoms with E-state index in [1.54, 1.807) is 0 Å². The first-order valence-corrected chi connectivity index (χ1v) is 3.84. The molecule has 0 amide bonds. The van der Waals surface area contributed by atoms with Crippen LogP contribution in [-0.2, 0) is 0 Å². The van der Waals surface area contributed by atoms with Crippen LogP contribution in [-0.4, -0.2) is 28.8 Å². The van der Waals surface area contributed by atoms with E-state index in [9.17, 15) is 5.11 Å². The fraction of sp³-hybridized carbons (Fsp3) is 0.750. The number of hydrogen-bond donors (Lipinski definition) is 1. The molecule has 1 saturated heterocycles. The molecule has 1 N–H and O–H groups in total. The maximum Gasteiger partial charge on any atom is 0.122 e. The van der Waals surface area contributed by atoms with Crippen LogP contribution in [0.3, 0.4) is 0 Å². The van der Waals surface area contributed by atoms with E-state index in [0.717, 1.165) is 19.3 Å². The van der Waals surface area contributed by atoms with E-state index in [0.29, 0.717) is 6.04 Å². The summed E-state index contributed by atoms with van der Waals surface area (Å²) in [5.74, 6) is 0. The highest BCUT2D eigenvalue weighted by Crippen LogP contribution is 2.36. The van der Waals surface area contributed by atoms with Gasteiger partial charge in [-0.25, -0.2) is 0 Å². The van der Waals surface area contributed by atoms with Gasteiger partial charge in [-0.15, -0.1) is 0 Å². The van der Waals surface area contributed by atoms with Crippen molar-refractivity contribution >= 4 is 0 Å². The predicted octanol–water partition coefficient (Wildman–Crippen LogP) is 0.729. The van der Waals surface area contributed by atoms with Crippen LogP contribution < -0.4 is 0 Å². The lowest BCUT2D eigenvalue weighted by atomic mass is 10.1. The number of hydrogen-bond acceptors (Lipinski definition) is 2. The summed E-state index contributed by atoms with van der Waals surface area (Å²) in [6, 6.07) is 0.499. The van der Waals surface area contributed by atoms with Crippen LogP contribution >= 0.6 is 0 Å². The minimum absolute atomic E-state index is 0.499. The molecule has 0 aromatic carbocycles. The first-order valence-electron chi connectivity index (χ1n) is 3.84. The zero-order valence-electron chi connectivity index (χ0n) is 6.25. The molecule has 2 aliphatic heterocycles. The maximum absolute atomic E-state index is 9.86. The standard InChI is InChI=1S/C8H13NO/c1-9-7-3-2-5-8(9,10)6-4-7/h2-3,7,10H,4-6H2,1H3/t7-,8-/m1/s1. The molecular weight excluding hydrogens is 126 g/mol. The molecule has 1 fully saturated rings.